The van der Waals surface area contributed by atoms with Gasteiger partial charge in [-0.25, -0.2) is 0 Å². The zero-order valence-electron chi connectivity index (χ0n) is 10.0. The quantitative estimate of drug-likeness (QED) is 0.557. The Hall–Kier alpha value is -2.02. The Bertz CT molecular complexity index is 698. The van der Waals surface area contributed by atoms with Gasteiger partial charge in [0, 0.05) is 5.39 Å². The molecular weight excluding hydrogens is 208 g/mol. The zero-order chi connectivity index (χ0) is 11.8. The van der Waals surface area contributed by atoms with E-state index in [1.165, 1.54) is 27.1 Å². The van der Waals surface area contributed by atoms with Gasteiger partial charge in [-0.2, -0.15) is 0 Å². The highest BCUT2D eigenvalue weighted by atomic mass is 16.5. The van der Waals surface area contributed by atoms with Crippen LogP contribution in [-0.2, 0) is 0 Å². The fraction of sp³-hybridized carbons (Fsp3) is 0.125. The average molecular weight is 222 g/mol. The van der Waals surface area contributed by atoms with Gasteiger partial charge in [-0.1, -0.05) is 36.4 Å². The minimum absolute atomic E-state index is 0.980. The van der Waals surface area contributed by atoms with Crippen molar-refractivity contribution in [3.63, 3.8) is 0 Å². The molecule has 0 aromatic heterocycles. The van der Waals surface area contributed by atoms with E-state index in [1.54, 1.807) is 7.11 Å². The molecule has 0 bridgehead atoms. The van der Waals surface area contributed by atoms with Gasteiger partial charge in [0.25, 0.3) is 0 Å². The van der Waals surface area contributed by atoms with Gasteiger partial charge in [0.1, 0.15) is 5.75 Å². The molecular formula is C16H14O. The lowest BCUT2D eigenvalue weighted by atomic mass is 10.0. The monoisotopic (exact) mass is 222 g/mol. The molecule has 0 radical (unpaired) electrons. The summed E-state index contributed by atoms with van der Waals surface area (Å²) in [4.78, 5) is 0. The van der Waals surface area contributed by atoms with E-state index in [4.69, 9.17) is 4.74 Å². The van der Waals surface area contributed by atoms with Crippen molar-refractivity contribution in [3.05, 3.63) is 54.1 Å². The van der Waals surface area contributed by atoms with Crippen molar-refractivity contribution in [2.45, 2.75) is 6.92 Å². The summed E-state index contributed by atoms with van der Waals surface area (Å²) in [6.07, 6.45) is 0. The molecule has 0 saturated heterocycles. The zero-order valence-corrected chi connectivity index (χ0v) is 10.0. The summed E-state index contributed by atoms with van der Waals surface area (Å²) < 4.78 is 5.51. The lowest BCUT2D eigenvalue weighted by Crippen LogP contribution is -1.89. The van der Waals surface area contributed by atoms with Crippen molar-refractivity contribution < 1.29 is 4.74 Å². The second kappa shape index (κ2) is 3.77. The van der Waals surface area contributed by atoms with Gasteiger partial charge in [0.2, 0.25) is 0 Å². The number of benzene rings is 3. The van der Waals surface area contributed by atoms with Crippen LogP contribution in [0.4, 0.5) is 0 Å². The maximum absolute atomic E-state index is 5.51. The van der Waals surface area contributed by atoms with Crippen molar-refractivity contribution >= 4 is 21.5 Å². The van der Waals surface area contributed by atoms with E-state index in [-0.39, 0.29) is 0 Å². The molecule has 0 aliphatic rings. The van der Waals surface area contributed by atoms with Crippen molar-refractivity contribution in [3.8, 4) is 5.75 Å². The molecule has 0 N–H and O–H groups in total. The summed E-state index contributed by atoms with van der Waals surface area (Å²) in [5.74, 6) is 0.980. The van der Waals surface area contributed by atoms with Gasteiger partial charge in [-0.3, -0.25) is 0 Å². The Labute approximate surface area is 101 Å². The van der Waals surface area contributed by atoms with Gasteiger partial charge in [-0.15, -0.1) is 0 Å². The normalized spacial score (nSPS) is 10.9. The Kier molecular flexibility index (Phi) is 2.25. The minimum Gasteiger partial charge on any atom is -0.496 e. The van der Waals surface area contributed by atoms with Crippen LogP contribution in [0.25, 0.3) is 21.5 Å². The van der Waals surface area contributed by atoms with Crippen molar-refractivity contribution in [1.82, 2.24) is 0 Å². The molecule has 0 amide bonds. The predicted octanol–water partition coefficient (Wildman–Crippen LogP) is 4.31. The second-order valence-corrected chi connectivity index (χ2v) is 4.34. The van der Waals surface area contributed by atoms with Crippen LogP contribution in [0.2, 0.25) is 0 Å². The Morgan fingerprint density at radius 2 is 1.53 bits per heavy atom. The minimum atomic E-state index is 0.980. The van der Waals surface area contributed by atoms with E-state index >= 15 is 0 Å². The van der Waals surface area contributed by atoms with E-state index in [2.05, 4.69) is 55.5 Å². The summed E-state index contributed by atoms with van der Waals surface area (Å²) in [6, 6.07) is 17.1. The summed E-state index contributed by atoms with van der Waals surface area (Å²) >= 11 is 0. The number of hydrogen-bond donors (Lipinski definition) is 0. The number of methoxy groups -OCH3 is 1. The largest absolute Gasteiger partial charge is 0.496 e. The molecule has 0 aliphatic heterocycles. The molecule has 84 valence electrons. The van der Waals surface area contributed by atoms with E-state index in [0.717, 1.165) is 5.75 Å². The fourth-order valence-electron chi connectivity index (χ4n) is 2.37. The third-order valence-electron chi connectivity index (χ3n) is 3.24. The maximum Gasteiger partial charge on any atom is 0.129 e. The van der Waals surface area contributed by atoms with Crippen LogP contribution >= 0.6 is 0 Å². The summed E-state index contributed by atoms with van der Waals surface area (Å²) in [5.41, 5.74) is 1.18. The van der Waals surface area contributed by atoms with Crippen molar-refractivity contribution in [2.24, 2.45) is 0 Å². The average Bonchev–Trinajstić information content (AvgIpc) is 2.36. The Morgan fingerprint density at radius 3 is 2.24 bits per heavy atom. The fourth-order valence-corrected chi connectivity index (χ4v) is 2.37. The highest BCUT2D eigenvalue weighted by Crippen LogP contribution is 2.32. The molecule has 0 fully saturated rings. The van der Waals surface area contributed by atoms with Crippen molar-refractivity contribution in [1.29, 1.82) is 0 Å². The van der Waals surface area contributed by atoms with Crippen LogP contribution in [0, 0.1) is 6.92 Å². The first-order valence-corrected chi connectivity index (χ1v) is 5.76. The molecule has 1 nitrogen and oxygen atoms in total. The number of ether oxygens (including phenoxy) is 1. The lowest BCUT2D eigenvalue weighted by molar-refractivity contribution is 0.417. The van der Waals surface area contributed by atoms with E-state index in [1.807, 2.05) is 0 Å². The van der Waals surface area contributed by atoms with Crippen LogP contribution < -0.4 is 4.74 Å². The van der Waals surface area contributed by atoms with E-state index in [9.17, 15) is 0 Å². The van der Waals surface area contributed by atoms with Gasteiger partial charge in [0.05, 0.1) is 7.11 Å². The first-order chi connectivity index (χ1) is 8.29. The van der Waals surface area contributed by atoms with Gasteiger partial charge in [0.15, 0.2) is 0 Å². The third-order valence-corrected chi connectivity index (χ3v) is 3.24. The molecule has 0 heterocycles. The predicted molar refractivity (Wildman–Crippen MR) is 72.7 cm³/mol. The highest BCUT2D eigenvalue weighted by molar-refractivity contribution is 6.01. The SMILES string of the molecule is COc1c(C)ccc2cc3ccccc3cc12. The molecule has 1 heteroatoms. The van der Waals surface area contributed by atoms with Gasteiger partial charge in [-0.05, 0) is 40.8 Å². The lowest BCUT2D eigenvalue weighted by Gasteiger charge is -2.10. The first kappa shape index (κ1) is 10.2. The third kappa shape index (κ3) is 1.55. The molecule has 3 aromatic carbocycles. The summed E-state index contributed by atoms with van der Waals surface area (Å²) in [5, 5.41) is 4.94. The molecule has 0 aliphatic carbocycles. The summed E-state index contributed by atoms with van der Waals surface area (Å²) in [7, 11) is 1.73. The molecule has 17 heavy (non-hydrogen) atoms. The van der Waals surface area contributed by atoms with Crippen LogP contribution in [0.15, 0.2) is 48.5 Å². The van der Waals surface area contributed by atoms with Crippen LogP contribution in [0.3, 0.4) is 0 Å². The van der Waals surface area contributed by atoms with E-state index in [0.29, 0.717) is 0 Å². The van der Waals surface area contributed by atoms with E-state index < -0.39 is 0 Å². The second-order valence-electron chi connectivity index (χ2n) is 4.34. The smallest absolute Gasteiger partial charge is 0.129 e. The molecule has 3 rings (SSSR count). The Morgan fingerprint density at radius 1 is 0.824 bits per heavy atom. The Balaban J connectivity index is 2.47. The number of hydrogen-bond acceptors (Lipinski definition) is 1. The van der Waals surface area contributed by atoms with Crippen LogP contribution in [0.1, 0.15) is 5.56 Å². The van der Waals surface area contributed by atoms with Crippen LogP contribution in [0.5, 0.6) is 5.75 Å². The molecule has 0 unspecified atom stereocenters. The standard InChI is InChI=1S/C16H14O/c1-11-7-8-14-9-12-5-3-4-6-13(12)10-15(14)16(11)17-2/h3-10H,1-2H3. The number of rotatable bonds is 1. The highest BCUT2D eigenvalue weighted by Gasteiger charge is 2.05. The van der Waals surface area contributed by atoms with Crippen LogP contribution in [-0.4, -0.2) is 7.11 Å². The molecule has 3 aromatic rings. The number of fused-ring (bicyclic) bond motifs is 2. The van der Waals surface area contributed by atoms with Gasteiger partial charge < -0.3 is 4.74 Å². The molecule has 0 atom stereocenters. The summed E-state index contributed by atoms with van der Waals surface area (Å²) in [6.45, 7) is 2.08. The molecule has 0 saturated carbocycles. The number of aryl methyl sites for hydroxylation is 1. The van der Waals surface area contributed by atoms with Crippen molar-refractivity contribution in [2.75, 3.05) is 7.11 Å². The van der Waals surface area contributed by atoms with Gasteiger partial charge >= 0.3 is 0 Å². The topological polar surface area (TPSA) is 9.23 Å². The first-order valence-electron chi connectivity index (χ1n) is 5.76. The molecule has 0 spiro atoms. The maximum atomic E-state index is 5.51.